The largest absolute Gasteiger partial charge is 0.457 e. The van der Waals surface area contributed by atoms with E-state index < -0.39 is 11.5 Å². The molecule has 0 aromatic heterocycles. The minimum Gasteiger partial charge on any atom is -0.457 e. The summed E-state index contributed by atoms with van der Waals surface area (Å²) in [5, 5.41) is 0. The average Bonchev–Trinajstić information content (AvgIpc) is 3.26. The zero-order chi connectivity index (χ0) is 21.8. The topological polar surface area (TPSA) is 35.5 Å². The van der Waals surface area contributed by atoms with E-state index in [9.17, 15) is 4.79 Å². The van der Waals surface area contributed by atoms with Gasteiger partial charge in [0, 0.05) is 5.56 Å². The van der Waals surface area contributed by atoms with Gasteiger partial charge in [0.05, 0.1) is 8.81 Å². The van der Waals surface area contributed by atoms with E-state index in [1.54, 1.807) is 0 Å². The summed E-state index contributed by atoms with van der Waals surface area (Å²) in [6.45, 7) is 6.22. The maximum atomic E-state index is 13.2. The number of esters is 1. The molecule has 1 aliphatic rings. The van der Waals surface area contributed by atoms with E-state index in [1.165, 1.54) is 0 Å². The minimum atomic E-state index is -0.633. The van der Waals surface area contributed by atoms with Crippen molar-refractivity contribution in [3.05, 3.63) is 81.8 Å². The van der Waals surface area contributed by atoms with E-state index in [-0.39, 0.29) is 11.4 Å². The monoisotopic (exact) mass is 532 g/mol. The van der Waals surface area contributed by atoms with Gasteiger partial charge in [0.25, 0.3) is 0 Å². The summed E-state index contributed by atoms with van der Waals surface area (Å²) in [4.78, 5) is 13.2. The Morgan fingerprint density at radius 3 is 2.37 bits per heavy atom. The number of hydrogen-bond acceptors (Lipinski definition) is 3. The Bertz CT molecular complexity index is 946. The van der Waals surface area contributed by atoms with E-state index in [0.29, 0.717) is 5.75 Å². The Labute approximate surface area is 195 Å². The lowest BCUT2D eigenvalue weighted by Gasteiger charge is -2.21. The summed E-state index contributed by atoms with van der Waals surface area (Å²) >= 11 is 6.81. The van der Waals surface area contributed by atoms with Crippen molar-refractivity contribution in [2.75, 3.05) is 0 Å². The molecule has 0 radical (unpaired) electrons. The molecule has 0 bridgehead atoms. The van der Waals surface area contributed by atoms with Crippen LogP contribution in [0.15, 0.2) is 76.2 Å². The first kappa shape index (κ1) is 22.8. The van der Waals surface area contributed by atoms with Gasteiger partial charge in [0.2, 0.25) is 0 Å². The molecular formula is C25H26Br2O3. The fourth-order valence-electron chi connectivity index (χ4n) is 3.57. The van der Waals surface area contributed by atoms with Gasteiger partial charge in [-0.1, -0.05) is 57.2 Å². The van der Waals surface area contributed by atoms with Gasteiger partial charge in [-0.05, 0) is 86.5 Å². The van der Waals surface area contributed by atoms with Crippen LogP contribution in [0.4, 0.5) is 0 Å². The first-order chi connectivity index (χ1) is 14.3. The smallest absolute Gasteiger partial charge is 0.317 e. The standard InChI is InChI=1S/C25H26Br2O3/c1-4-5-14-21(30-23(28)25(16-22(26)27)17-24(25,2)3)18-10-9-13-20(15-18)29-19-11-7-6-8-12-19/h5-16,21H,4,17H2,1-3H3. The van der Waals surface area contributed by atoms with Crippen molar-refractivity contribution >= 4 is 37.8 Å². The lowest BCUT2D eigenvalue weighted by Crippen LogP contribution is -2.24. The number of rotatable bonds is 8. The van der Waals surface area contributed by atoms with Crippen LogP contribution in [0.25, 0.3) is 0 Å². The molecule has 30 heavy (non-hydrogen) atoms. The van der Waals surface area contributed by atoms with Crippen LogP contribution in [0.2, 0.25) is 0 Å². The van der Waals surface area contributed by atoms with Crippen LogP contribution in [-0.4, -0.2) is 5.97 Å². The van der Waals surface area contributed by atoms with Crippen molar-refractivity contribution in [3.63, 3.8) is 0 Å². The minimum absolute atomic E-state index is 0.145. The van der Waals surface area contributed by atoms with Crippen LogP contribution in [-0.2, 0) is 9.53 Å². The molecule has 158 valence electrons. The summed E-state index contributed by atoms with van der Waals surface area (Å²) < 4.78 is 12.8. The van der Waals surface area contributed by atoms with Gasteiger partial charge in [-0.15, -0.1) is 0 Å². The Hall–Kier alpha value is -1.85. The number of benzene rings is 2. The SMILES string of the molecule is CCC=CC(OC(=O)C1(C=C(Br)Br)CC1(C)C)c1cccc(Oc2ccccc2)c1. The molecule has 1 saturated carbocycles. The third kappa shape index (κ3) is 5.25. The van der Waals surface area contributed by atoms with Crippen LogP contribution < -0.4 is 4.74 Å². The highest BCUT2D eigenvalue weighted by molar-refractivity contribution is 9.28. The van der Waals surface area contributed by atoms with Crippen LogP contribution >= 0.6 is 31.9 Å². The van der Waals surface area contributed by atoms with E-state index in [4.69, 9.17) is 9.47 Å². The van der Waals surface area contributed by atoms with Gasteiger partial charge in [-0.25, -0.2) is 0 Å². The molecule has 2 aromatic rings. The molecule has 0 spiro atoms. The molecule has 2 atom stereocenters. The molecule has 2 unspecified atom stereocenters. The normalized spacial score (nSPS) is 20.4. The zero-order valence-corrected chi connectivity index (χ0v) is 20.6. The Morgan fingerprint density at radius 2 is 1.77 bits per heavy atom. The molecular weight excluding hydrogens is 508 g/mol. The van der Waals surface area contributed by atoms with Crippen molar-refractivity contribution in [2.24, 2.45) is 10.8 Å². The number of carbonyl (C=O) groups excluding carboxylic acids is 1. The number of para-hydroxylation sites is 1. The molecule has 0 amide bonds. The quantitative estimate of drug-likeness (QED) is 0.254. The number of allylic oxidation sites excluding steroid dienone is 1. The van der Waals surface area contributed by atoms with Crippen molar-refractivity contribution in [3.8, 4) is 11.5 Å². The van der Waals surface area contributed by atoms with Crippen molar-refractivity contribution in [1.29, 1.82) is 0 Å². The van der Waals surface area contributed by atoms with Gasteiger partial charge < -0.3 is 9.47 Å². The number of carbonyl (C=O) groups is 1. The van der Waals surface area contributed by atoms with E-state index >= 15 is 0 Å². The molecule has 0 saturated heterocycles. The number of ether oxygens (including phenoxy) is 2. The lowest BCUT2D eigenvalue weighted by molar-refractivity contribution is -0.153. The Kier molecular flexibility index (Phi) is 7.25. The maximum absolute atomic E-state index is 13.2. The Morgan fingerprint density at radius 1 is 1.10 bits per heavy atom. The van der Waals surface area contributed by atoms with E-state index in [2.05, 4.69) is 52.6 Å². The molecule has 0 aliphatic heterocycles. The average molecular weight is 534 g/mol. The first-order valence-corrected chi connectivity index (χ1v) is 11.6. The van der Waals surface area contributed by atoms with Crippen molar-refractivity contribution in [1.82, 2.24) is 0 Å². The molecule has 2 aromatic carbocycles. The first-order valence-electron chi connectivity index (χ1n) is 10.0. The van der Waals surface area contributed by atoms with Crippen LogP contribution in [0.1, 0.15) is 45.3 Å². The third-order valence-corrected chi connectivity index (χ3v) is 5.93. The summed E-state index contributed by atoms with van der Waals surface area (Å²) in [5.41, 5.74) is 0.0944. The molecule has 1 fully saturated rings. The summed E-state index contributed by atoms with van der Waals surface area (Å²) in [6.07, 6.45) is 7.00. The van der Waals surface area contributed by atoms with Gasteiger partial charge in [-0.3, -0.25) is 4.79 Å². The predicted octanol–water partition coefficient (Wildman–Crippen LogP) is 8.08. The zero-order valence-electron chi connectivity index (χ0n) is 17.4. The van der Waals surface area contributed by atoms with Crippen LogP contribution in [0, 0.1) is 10.8 Å². The summed E-state index contributed by atoms with van der Waals surface area (Å²) in [5.74, 6) is 1.25. The highest BCUT2D eigenvalue weighted by atomic mass is 79.9. The van der Waals surface area contributed by atoms with Gasteiger partial charge in [0.15, 0.2) is 0 Å². The van der Waals surface area contributed by atoms with Gasteiger partial charge in [0.1, 0.15) is 17.6 Å². The number of hydrogen-bond donors (Lipinski definition) is 0. The van der Waals surface area contributed by atoms with E-state index in [0.717, 1.165) is 27.5 Å². The van der Waals surface area contributed by atoms with Crippen molar-refractivity contribution < 1.29 is 14.3 Å². The second kappa shape index (κ2) is 9.52. The lowest BCUT2D eigenvalue weighted by atomic mass is 9.96. The molecule has 0 N–H and O–H groups in total. The molecule has 3 nitrogen and oxygen atoms in total. The Balaban J connectivity index is 1.85. The van der Waals surface area contributed by atoms with Gasteiger partial charge in [-0.2, -0.15) is 0 Å². The highest BCUT2D eigenvalue weighted by Gasteiger charge is 2.66. The third-order valence-electron chi connectivity index (χ3n) is 5.47. The fraction of sp³-hybridized carbons (Fsp3) is 0.320. The van der Waals surface area contributed by atoms with E-state index in [1.807, 2.05) is 72.8 Å². The van der Waals surface area contributed by atoms with Crippen LogP contribution in [0.3, 0.4) is 0 Å². The van der Waals surface area contributed by atoms with Crippen molar-refractivity contribution in [2.45, 2.75) is 39.7 Å². The number of halogens is 2. The fourth-order valence-corrected chi connectivity index (χ4v) is 4.35. The molecule has 1 aliphatic carbocycles. The molecule has 3 rings (SSSR count). The molecule has 0 heterocycles. The highest BCUT2D eigenvalue weighted by Crippen LogP contribution is 2.66. The summed E-state index contributed by atoms with van der Waals surface area (Å²) in [6, 6.07) is 17.3. The predicted molar refractivity (Wildman–Crippen MR) is 128 cm³/mol. The summed E-state index contributed by atoms with van der Waals surface area (Å²) in [7, 11) is 0. The molecule has 5 heteroatoms. The maximum Gasteiger partial charge on any atom is 0.317 e. The van der Waals surface area contributed by atoms with Crippen LogP contribution in [0.5, 0.6) is 11.5 Å². The second-order valence-electron chi connectivity index (χ2n) is 8.12. The second-order valence-corrected chi connectivity index (χ2v) is 10.9. The van der Waals surface area contributed by atoms with Gasteiger partial charge >= 0.3 is 5.97 Å².